The van der Waals surface area contributed by atoms with Crippen LogP contribution in [-0.2, 0) is 11.2 Å². The van der Waals surface area contributed by atoms with Crippen molar-refractivity contribution in [3.8, 4) is 5.69 Å². The maximum Gasteiger partial charge on any atom is 0.250 e. The number of anilines is 1. The van der Waals surface area contributed by atoms with E-state index in [2.05, 4.69) is 39.9 Å². The Kier molecular flexibility index (Phi) is 6.82. The predicted octanol–water partition coefficient (Wildman–Crippen LogP) is 5.47. The number of thiocarbonyl (C=S) groups is 1. The highest BCUT2D eigenvalue weighted by Crippen LogP contribution is 2.22. The lowest BCUT2D eigenvalue weighted by atomic mass is 10.2. The molecule has 166 valence electrons. The number of aryl methyl sites for hydroxylation is 2. The van der Waals surface area contributed by atoms with Crippen LogP contribution in [0.1, 0.15) is 23.6 Å². The molecule has 1 heterocycles. The second kappa shape index (κ2) is 9.94. The van der Waals surface area contributed by atoms with E-state index in [-0.39, 0.29) is 11.0 Å². The number of hydrogen-bond acceptors (Lipinski definition) is 4. The summed E-state index contributed by atoms with van der Waals surface area (Å²) in [5, 5.41) is 15.7. The summed E-state index contributed by atoms with van der Waals surface area (Å²) in [7, 11) is 0. The molecule has 0 radical (unpaired) electrons. The third-order valence-electron chi connectivity index (χ3n) is 5.08. The topological polar surface area (TPSA) is 71.8 Å². The zero-order chi connectivity index (χ0) is 23.4. The molecule has 33 heavy (non-hydrogen) atoms. The summed E-state index contributed by atoms with van der Waals surface area (Å²) < 4.78 is 0. The van der Waals surface area contributed by atoms with Crippen LogP contribution in [0.15, 0.2) is 66.7 Å². The van der Waals surface area contributed by atoms with Crippen LogP contribution in [0, 0.1) is 6.92 Å². The Balaban J connectivity index is 1.45. The van der Waals surface area contributed by atoms with Crippen molar-refractivity contribution < 1.29 is 4.79 Å². The van der Waals surface area contributed by atoms with Gasteiger partial charge in [-0.1, -0.05) is 42.8 Å². The van der Waals surface area contributed by atoms with Crippen molar-refractivity contribution in [1.29, 1.82) is 0 Å². The number of halogens is 1. The average Bonchev–Trinajstić information content (AvgIpc) is 3.21. The first kappa shape index (κ1) is 22.6. The summed E-state index contributed by atoms with van der Waals surface area (Å²) in [6.07, 6.45) is 4.09. The Hall–Kier alpha value is -3.55. The molecule has 8 heteroatoms. The Morgan fingerprint density at radius 2 is 1.73 bits per heavy atom. The van der Waals surface area contributed by atoms with Crippen LogP contribution in [0.5, 0.6) is 0 Å². The largest absolute Gasteiger partial charge is 0.332 e. The van der Waals surface area contributed by atoms with Crippen molar-refractivity contribution >= 4 is 57.6 Å². The maximum atomic E-state index is 12.2. The number of hydrogen-bond donors (Lipinski definition) is 2. The van der Waals surface area contributed by atoms with Crippen LogP contribution >= 0.6 is 23.8 Å². The fourth-order valence-electron chi connectivity index (χ4n) is 3.24. The molecule has 0 bridgehead atoms. The van der Waals surface area contributed by atoms with Gasteiger partial charge in [0.2, 0.25) is 5.91 Å². The molecule has 6 nitrogen and oxygen atoms in total. The molecule has 2 N–H and O–H groups in total. The van der Waals surface area contributed by atoms with Gasteiger partial charge in [0.05, 0.1) is 5.69 Å². The average molecular weight is 476 g/mol. The quantitative estimate of drug-likeness (QED) is 0.296. The number of aromatic nitrogens is 3. The van der Waals surface area contributed by atoms with Crippen molar-refractivity contribution in [2.45, 2.75) is 20.3 Å². The minimum absolute atomic E-state index is 0.200. The number of benzene rings is 3. The van der Waals surface area contributed by atoms with Crippen LogP contribution in [0.2, 0.25) is 5.02 Å². The number of fused-ring (bicyclic) bond motifs is 1. The molecule has 0 saturated heterocycles. The van der Waals surface area contributed by atoms with Gasteiger partial charge in [-0.3, -0.25) is 10.1 Å². The lowest BCUT2D eigenvalue weighted by Crippen LogP contribution is -2.33. The maximum absolute atomic E-state index is 12.2. The lowest BCUT2D eigenvalue weighted by Gasteiger charge is -2.10. The fourth-order valence-corrected chi connectivity index (χ4v) is 3.57. The van der Waals surface area contributed by atoms with Crippen molar-refractivity contribution in [3.05, 3.63) is 88.5 Å². The highest BCUT2D eigenvalue weighted by Gasteiger charge is 2.10. The van der Waals surface area contributed by atoms with Gasteiger partial charge in [-0.05, 0) is 84.7 Å². The van der Waals surface area contributed by atoms with Gasteiger partial charge >= 0.3 is 0 Å². The fraction of sp³-hybridized carbons (Fsp3) is 0.120. The van der Waals surface area contributed by atoms with E-state index in [0.29, 0.717) is 5.02 Å². The molecule has 0 aliphatic carbocycles. The van der Waals surface area contributed by atoms with Gasteiger partial charge in [0.25, 0.3) is 0 Å². The van der Waals surface area contributed by atoms with E-state index >= 15 is 0 Å². The van der Waals surface area contributed by atoms with Crippen molar-refractivity contribution in [2.24, 2.45) is 0 Å². The van der Waals surface area contributed by atoms with Crippen molar-refractivity contribution in [3.63, 3.8) is 0 Å². The third kappa shape index (κ3) is 5.63. The first-order chi connectivity index (χ1) is 15.9. The van der Waals surface area contributed by atoms with E-state index in [0.717, 1.165) is 40.0 Å². The molecule has 1 amide bonds. The second-order valence-corrected chi connectivity index (χ2v) is 8.34. The van der Waals surface area contributed by atoms with E-state index in [1.54, 1.807) is 23.0 Å². The summed E-state index contributed by atoms with van der Waals surface area (Å²) in [5.74, 6) is -0.331. The van der Waals surface area contributed by atoms with Gasteiger partial charge in [0.1, 0.15) is 11.0 Å². The number of nitrogens with one attached hydrogen (secondary N) is 2. The molecule has 3 aromatic carbocycles. The predicted molar refractivity (Wildman–Crippen MR) is 138 cm³/mol. The Bertz CT molecular complexity index is 1340. The Labute approximate surface area is 202 Å². The highest BCUT2D eigenvalue weighted by molar-refractivity contribution is 7.80. The normalized spacial score (nSPS) is 11.1. The summed E-state index contributed by atoms with van der Waals surface area (Å²) in [4.78, 5) is 13.8. The van der Waals surface area contributed by atoms with Crippen molar-refractivity contribution in [1.82, 2.24) is 20.3 Å². The van der Waals surface area contributed by atoms with Gasteiger partial charge in [0, 0.05) is 16.8 Å². The van der Waals surface area contributed by atoms with E-state index in [1.165, 1.54) is 11.6 Å². The summed E-state index contributed by atoms with van der Waals surface area (Å²) in [6, 6.07) is 19.1. The molecular formula is C25H22ClN5OS. The number of carbonyl (C=O) groups excluding carboxylic acids is 1. The van der Waals surface area contributed by atoms with Gasteiger partial charge in [-0.25, -0.2) is 0 Å². The van der Waals surface area contributed by atoms with Crippen LogP contribution < -0.4 is 10.6 Å². The molecule has 0 unspecified atom stereocenters. The molecule has 0 spiro atoms. The van der Waals surface area contributed by atoms with E-state index < -0.39 is 0 Å². The summed E-state index contributed by atoms with van der Waals surface area (Å²) in [6.45, 7) is 4.07. The number of rotatable bonds is 5. The highest BCUT2D eigenvalue weighted by atomic mass is 35.5. The molecule has 0 aliphatic heterocycles. The second-order valence-electron chi connectivity index (χ2n) is 7.49. The molecule has 0 atom stereocenters. The number of carbonyl (C=O) groups is 1. The summed E-state index contributed by atoms with van der Waals surface area (Å²) >= 11 is 11.2. The Morgan fingerprint density at radius 1 is 1.06 bits per heavy atom. The van der Waals surface area contributed by atoms with E-state index in [4.69, 9.17) is 23.8 Å². The van der Waals surface area contributed by atoms with Crippen LogP contribution in [0.25, 0.3) is 22.8 Å². The monoisotopic (exact) mass is 475 g/mol. The third-order valence-corrected chi connectivity index (χ3v) is 5.54. The van der Waals surface area contributed by atoms with E-state index in [9.17, 15) is 4.79 Å². The zero-order valence-corrected chi connectivity index (χ0v) is 19.7. The first-order valence-electron chi connectivity index (χ1n) is 10.4. The van der Waals surface area contributed by atoms with E-state index in [1.807, 2.05) is 43.3 Å². The molecule has 0 aliphatic rings. The van der Waals surface area contributed by atoms with Crippen molar-refractivity contribution in [2.75, 3.05) is 5.32 Å². The molecule has 0 fully saturated rings. The minimum atomic E-state index is -0.331. The number of nitrogens with zero attached hydrogens (tertiary/aromatic N) is 3. The van der Waals surface area contributed by atoms with Crippen LogP contribution in [0.4, 0.5) is 5.69 Å². The smallest absolute Gasteiger partial charge is 0.250 e. The molecule has 4 aromatic rings. The zero-order valence-electron chi connectivity index (χ0n) is 18.2. The SMILES string of the molecule is CCc1ccc(-n2nc3cc(C)c(NC(=S)NC(=O)/C=C/c4ccc(Cl)cc4)cc3n2)cc1. The van der Waals surface area contributed by atoms with Gasteiger partial charge in [0.15, 0.2) is 5.11 Å². The van der Waals surface area contributed by atoms with Gasteiger partial charge in [-0.2, -0.15) is 4.80 Å². The molecule has 4 rings (SSSR count). The minimum Gasteiger partial charge on any atom is -0.332 e. The first-order valence-corrected chi connectivity index (χ1v) is 11.2. The molecule has 1 aromatic heterocycles. The number of amides is 1. The Morgan fingerprint density at radius 3 is 2.39 bits per heavy atom. The van der Waals surface area contributed by atoms with Gasteiger partial charge in [-0.15, -0.1) is 10.2 Å². The van der Waals surface area contributed by atoms with Gasteiger partial charge < -0.3 is 5.32 Å². The molecule has 0 saturated carbocycles. The summed E-state index contributed by atoms with van der Waals surface area (Å²) in [5.41, 5.74) is 6.20. The standard InChI is InChI=1S/C25H22ClN5OS/c1-3-17-6-11-20(12-7-17)31-29-22-14-16(2)21(15-23(22)30-31)27-25(33)28-24(32)13-8-18-4-9-19(26)10-5-18/h4-15H,3H2,1-2H3,(H2,27,28,32,33)/b13-8+. The van der Waals surface area contributed by atoms with Crippen LogP contribution in [-0.4, -0.2) is 26.0 Å². The lowest BCUT2D eigenvalue weighted by molar-refractivity contribution is -0.115. The van der Waals surface area contributed by atoms with Crippen LogP contribution in [0.3, 0.4) is 0 Å². The molecular weight excluding hydrogens is 454 g/mol.